The minimum absolute atomic E-state index is 0.0236. The number of piperazine rings is 1. The number of rotatable bonds is 9. The summed E-state index contributed by atoms with van der Waals surface area (Å²) in [5.41, 5.74) is 1.65. The first-order valence-electron chi connectivity index (χ1n) is 11.0. The van der Waals surface area contributed by atoms with Crippen LogP contribution in [-0.4, -0.2) is 62.9 Å². The second-order valence-electron chi connectivity index (χ2n) is 7.89. The van der Waals surface area contributed by atoms with Gasteiger partial charge in [-0.05, 0) is 56.5 Å². The fraction of sp³-hybridized carbons (Fsp3) is 0.458. The Labute approximate surface area is 191 Å². The average Bonchev–Trinajstić information content (AvgIpc) is 2.79. The van der Waals surface area contributed by atoms with Crippen LogP contribution in [0.3, 0.4) is 0 Å². The summed E-state index contributed by atoms with van der Waals surface area (Å²) in [6.45, 7) is 7.99. The molecule has 1 aliphatic rings. The predicted molar refractivity (Wildman–Crippen MR) is 124 cm³/mol. The highest BCUT2D eigenvalue weighted by Crippen LogP contribution is 2.26. The monoisotopic (exact) mass is 460 g/mol. The van der Waals surface area contributed by atoms with Gasteiger partial charge in [-0.1, -0.05) is 24.3 Å². The van der Waals surface area contributed by atoms with Crippen LogP contribution in [-0.2, 0) is 14.8 Å². The SMILES string of the molecule is CCOc1ccccc1OCCCC(=O)N1CCN(S(=O)(=O)c2cc(C)ccc2C)CC1. The van der Waals surface area contributed by atoms with Gasteiger partial charge in [-0.15, -0.1) is 0 Å². The van der Waals surface area contributed by atoms with Crippen LogP contribution in [0.2, 0.25) is 0 Å². The zero-order valence-corrected chi connectivity index (χ0v) is 19.9. The van der Waals surface area contributed by atoms with Crippen LogP contribution in [0.15, 0.2) is 47.4 Å². The van der Waals surface area contributed by atoms with E-state index in [4.69, 9.17) is 9.47 Å². The van der Waals surface area contributed by atoms with Crippen LogP contribution in [0.4, 0.5) is 0 Å². The highest BCUT2D eigenvalue weighted by Gasteiger charge is 2.30. The molecule has 0 aromatic heterocycles. The summed E-state index contributed by atoms with van der Waals surface area (Å²) >= 11 is 0. The third kappa shape index (κ3) is 5.81. The lowest BCUT2D eigenvalue weighted by atomic mass is 10.2. The van der Waals surface area contributed by atoms with Crippen molar-refractivity contribution in [2.75, 3.05) is 39.4 Å². The van der Waals surface area contributed by atoms with Crippen LogP contribution < -0.4 is 9.47 Å². The molecule has 0 spiro atoms. The number of carbonyl (C=O) groups is 1. The van der Waals surface area contributed by atoms with Gasteiger partial charge in [0.15, 0.2) is 11.5 Å². The lowest BCUT2D eigenvalue weighted by Crippen LogP contribution is -2.50. The standard InChI is InChI=1S/C24H32N2O5S/c1-4-30-21-8-5-6-9-22(21)31-17-7-10-24(27)25-13-15-26(16-14-25)32(28,29)23-18-19(2)11-12-20(23)3/h5-6,8-9,11-12,18H,4,7,10,13-17H2,1-3H3. The van der Waals surface area contributed by atoms with Crippen molar-refractivity contribution in [3.05, 3.63) is 53.6 Å². The third-order valence-electron chi connectivity index (χ3n) is 5.49. The Morgan fingerprint density at radius 2 is 1.62 bits per heavy atom. The molecule has 1 saturated heterocycles. The molecule has 0 radical (unpaired) electrons. The molecule has 32 heavy (non-hydrogen) atoms. The molecule has 2 aromatic carbocycles. The maximum atomic E-state index is 13.1. The number of benzene rings is 2. The van der Waals surface area contributed by atoms with Gasteiger partial charge in [0, 0.05) is 32.6 Å². The Morgan fingerprint density at radius 1 is 0.969 bits per heavy atom. The van der Waals surface area contributed by atoms with Crippen LogP contribution >= 0.6 is 0 Å². The summed E-state index contributed by atoms with van der Waals surface area (Å²) < 4.78 is 38.9. The van der Waals surface area contributed by atoms with Crippen molar-refractivity contribution in [1.82, 2.24) is 9.21 Å². The molecule has 1 fully saturated rings. The van der Waals surface area contributed by atoms with Gasteiger partial charge in [0.25, 0.3) is 0 Å². The van der Waals surface area contributed by atoms with Crippen LogP contribution in [0.5, 0.6) is 11.5 Å². The van der Waals surface area contributed by atoms with E-state index in [1.54, 1.807) is 17.9 Å². The van der Waals surface area contributed by atoms with Gasteiger partial charge in [-0.2, -0.15) is 4.31 Å². The van der Waals surface area contributed by atoms with Crippen molar-refractivity contribution in [3.8, 4) is 11.5 Å². The van der Waals surface area contributed by atoms with Gasteiger partial charge < -0.3 is 14.4 Å². The van der Waals surface area contributed by atoms with Gasteiger partial charge in [0.05, 0.1) is 18.1 Å². The van der Waals surface area contributed by atoms with Crippen molar-refractivity contribution in [3.63, 3.8) is 0 Å². The topological polar surface area (TPSA) is 76.2 Å². The van der Waals surface area contributed by atoms with E-state index in [2.05, 4.69) is 0 Å². The fourth-order valence-corrected chi connectivity index (χ4v) is 5.44. The summed E-state index contributed by atoms with van der Waals surface area (Å²) in [6.07, 6.45) is 0.945. The molecule has 0 aliphatic carbocycles. The number of carbonyl (C=O) groups excluding carboxylic acids is 1. The number of hydrogen-bond donors (Lipinski definition) is 0. The number of amides is 1. The second kappa shape index (κ2) is 10.8. The van der Waals surface area contributed by atoms with Gasteiger partial charge in [0.2, 0.25) is 15.9 Å². The minimum Gasteiger partial charge on any atom is -0.490 e. The molecule has 0 unspecified atom stereocenters. The molecule has 0 N–H and O–H groups in total. The smallest absolute Gasteiger partial charge is 0.243 e. The first-order valence-corrected chi connectivity index (χ1v) is 12.5. The Hall–Kier alpha value is -2.58. The Morgan fingerprint density at radius 3 is 2.28 bits per heavy atom. The number of sulfonamides is 1. The molecule has 7 nitrogen and oxygen atoms in total. The van der Waals surface area contributed by atoms with Crippen molar-refractivity contribution in [2.24, 2.45) is 0 Å². The highest BCUT2D eigenvalue weighted by molar-refractivity contribution is 7.89. The van der Waals surface area contributed by atoms with Gasteiger partial charge >= 0.3 is 0 Å². The molecular formula is C24H32N2O5S. The normalized spacial score (nSPS) is 14.9. The van der Waals surface area contributed by atoms with E-state index in [1.165, 1.54) is 4.31 Å². The Balaban J connectivity index is 1.47. The molecule has 0 saturated carbocycles. The predicted octanol–water partition coefficient (Wildman–Crippen LogP) is 3.39. The maximum Gasteiger partial charge on any atom is 0.243 e. The number of hydrogen-bond acceptors (Lipinski definition) is 5. The van der Waals surface area contributed by atoms with Gasteiger partial charge in [-0.3, -0.25) is 4.79 Å². The summed E-state index contributed by atoms with van der Waals surface area (Å²) in [5, 5.41) is 0. The lowest BCUT2D eigenvalue weighted by molar-refractivity contribution is -0.132. The van der Waals surface area contributed by atoms with Crippen LogP contribution in [0, 0.1) is 13.8 Å². The van der Waals surface area contributed by atoms with E-state index in [0.29, 0.717) is 68.6 Å². The van der Waals surface area contributed by atoms with E-state index in [-0.39, 0.29) is 5.91 Å². The first-order chi connectivity index (χ1) is 15.3. The molecule has 0 bridgehead atoms. The van der Waals surface area contributed by atoms with E-state index in [1.807, 2.05) is 50.2 Å². The van der Waals surface area contributed by atoms with E-state index >= 15 is 0 Å². The molecular weight excluding hydrogens is 428 g/mol. The number of aryl methyl sites for hydroxylation is 2. The summed E-state index contributed by atoms with van der Waals surface area (Å²) in [7, 11) is -3.56. The first kappa shape index (κ1) is 24.1. The minimum atomic E-state index is -3.56. The third-order valence-corrected chi connectivity index (χ3v) is 7.53. The van der Waals surface area contributed by atoms with Crippen molar-refractivity contribution in [2.45, 2.75) is 38.5 Å². The molecule has 174 valence electrons. The fourth-order valence-electron chi connectivity index (χ4n) is 3.71. The summed E-state index contributed by atoms with van der Waals surface area (Å²) in [4.78, 5) is 14.7. The molecule has 0 atom stereocenters. The molecule has 1 heterocycles. The quantitative estimate of drug-likeness (QED) is 0.536. The van der Waals surface area contributed by atoms with E-state index in [0.717, 1.165) is 11.1 Å². The highest BCUT2D eigenvalue weighted by atomic mass is 32.2. The Kier molecular flexibility index (Phi) is 8.15. The number of ether oxygens (including phenoxy) is 2. The molecule has 2 aromatic rings. The number of para-hydroxylation sites is 2. The van der Waals surface area contributed by atoms with Gasteiger partial charge in [0.1, 0.15) is 0 Å². The zero-order chi connectivity index (χ0) is 23.1. The molecule has 8 heteroatoms. The number of nitrogens with zero attached hydrogens (tertiary/aromatic N) is 2. The van der Waals surface area contributed by atoms with Crippen LogP contribution in [0.1, 0.15) is 30.9 Å². The largest absolute Gasteiger partial charge is 0.490 e. The van der Waals surface area contributed by atoms with E-state index < -0.39 is 10.0 Å². The van der Waals surface area contributed by atoms with Crippen molar-refractivity contribution in [1.29, 1.82) is 0 Å². The second-order valence-corrected chi connectivity index (χ2v) is 9.79. The van der Waals surface area contributed by atoms with Crippen LogP contribution in [0.25, 0.3) is 0 Å². The van der Waals surface area contributed by atoms with Gasteiger partial charge in [-0.25, -0.2) is 8.42 Å². The lowest BCUT2D eigenvalue weighted by Gasteiger charge is -2.34. The Bertz CT molecular complexity index is 1030. The zero-order valence-electron chi connectivity index (χ0n) is 19.0. The molecule has 1 aliphatic heterocycles. The van der Waals surface area contributed by atoms with E-state index in [9.17, 15) is 13.2 Å². The van der Waals surface area contributed by atoms with Crippen molar-refractivity contribution < 1.29 is 22.7 Å². The summed E-state index contributed by atoms with van der Waals surface area (Å²) in [5.74, 6) is 1.39. The summed E-state index contributed by atoms with van der Waals surface area (Å²) in [6, 6.07) is 12.9. The van der Waals surface area contributed by atoms with Crippen molar-refractivity contribution >= 4 is 15.9 Å². The maximum absolute atomic E-state index is 13.1. The molecule has 3 rings (SSSR count). The average molecular weight is 461 g/mol. The molecule has 1 amide bonds.